The summed E-state index contributed by atoms with van der Waals surface area (Å²) in [5, 5.41) is 7.08. The van der Waals surface area contributed by atoms with E-state index in [1.54, 1.807) is 0 Å². The molecule has 0 fully saturated rings. The highest BCUT2D eigenvalue weighted by Gasteiger charge is 2.37. The second-order valence-electron chi connectivity index (χ2n) is 9.23. The zero-order chi connectivity index (χ0) is 19.7. The van der Waals surface area contributed by atoms with E-state index in [1.807, 2.05) is 0 Å². The maximum absolute atomic E-state index is 6.16. The Labute approximate surface area is 158 Å². The smallest absolute Gasteiger partial charge is 0.229 e. The summed E-state index contributed by atoms with van der Waals surface area (Å²) in [6.45, 7) is 21.9. The molecule has 1 heterocycles. The zero-order valence-corrected chi connectivity index (χ0v) is 18.4. The Balaban J connectivity index is 3.13. The predicted octanol–water partition coefficient (Wildman–Crippen LogP) is 5.78. The van der Waals surface area contributed by atoms with Gasteiger partial charge in [0.25, 0.3) is 0 Å². The van der Waals surface area contributed by atoms with E-state index in [2.05, 4.69) is 94.8 Å². The predicted molar refractivity (Wildman–Crippen MR) is 108 cm³/mol. The van der Waals surface area contributed by atoms with Crippen LogP contribution in [0.1, 0.15) is 82.1 Å². The summed E-state index contributed by atoms with van der Waals surface area (Å²) in [5.41, 5.74) is -0.240. The van der Waals surface area contributed by atoms with Crippen molar-refractivity contribution in [1.29, 1.82) is 0 Å². The van der Waals surface area contributed by atoms with Gasteiger partial charge in [-0.3, -0.25) is 0 Å². The van der Waals surface area contributed by atoms with Crippen LogP contribution in [0, 0.1) is 10.8 Å². The second-order valence-corrected chi connectivity index (χ2v) is 9.56. The van der Waals surface area contributed by atoms with Crippen LogP contribution in [0.4, 0.5) is 11.9 Å². The highest BCUT2D eigenvalue weighted by atomic mass is 35.5. The van der Waals surface area contributed by atoms with Crippen LogP contribution in [0.5, 0.6) is 0 Å². The van der Waals surface area contributed by atoms with Crippen LogP contribution in [0.25, 0.3) is 0 Å². The second kappa shape index (κ2) is 7.26. The van der Waals surface area contributed by atoms with E-state index in [4.69, 9.17) is 11.6 Å². The molecule has 6 heteroatoms. The molecule has 0 aromatic carbocycles. The van der Waals surface area contributed by atoms with Crippen molar-refractivity contribution in [3.05, 3.63) is 5.28 Å². The lowest BCUT2D eigenvalue weighted by molar-refractivity contribution is 0.213. The third-order valence-electron chi connectivity index (χ3n) is 6.61. The Hall–Kier alpha value is -1.10. The van der Waals surface area contributed by atoms with Crippen LogP contribution in [-0.4, -0.2) is 26.0 Å². The van der Waals surface area contributed by atoms with E-state index in [0.717, 1.165) is 12.8 Å². The molecule has 144 valence electrons. The van der Waals surface area contributed by atoms with Crippen molar-refractivity contribution in [3.63, 3.8) is 0 Å². The molecule has 0 aliphatic heterocycles. The summed E-state index contributed by atoms with van der Waals surface area (Å²) in [4.78, 5) is 13.1. The maximum Gasteiger partial charge on any atom is 0.229 e. The van der Waals surface area contributed by atoms with Crippen LogP contribution in [0.2, 0.25) is 5.28 Å². The number of anilines is 2. The van der Waals surface area contributed by atoms with Gasteiger partial charge in [-0.1, -0.05) is 41.5 Å². The monoisotopic (exact) mass is 369 g/mol. The van der Waals surface area contributed by atoms with Gasteiger partial charge in [-0.15, -0.1) is 0 Å². The van der Waals surface area contributed by atoms with Crippen molar-refractivity contribution in [3.8, 4) is 0 Å². The van der Waals surface area contributed by atoms with Gasteiger partial charge in [0, 0.05) is 11.1 Å². The molecule has 0 radical (unpaired) electrons. The summed E-state index contributed by atoms with van der Waals surface area (Å²) in [6, 6.07) is 0. The molecule has 0 amide bonds. The highest BCUT2D eigenvalue weighted by Crippen LogP contribution is 2.37. The van der Waals surface area contributed by atoms with Gasteiger partial charge in [0.2, 0.25) is 17.2 Å². The summed E-state index contributed by atoms with van der Waals surface area (Å²) in [6.07, 6.45) is 2.07. The van der Waals surface area contributed by atoms with Gasteiger partial charge in [0.05, 0.1) is 0 Å². The number of nitrogens with zero attached hydrogens (tertiary/aromatic N) is 3. The molecule has 1 aromatic rings. The Morgan fingerprint density at radius 3 is 1.28 bits per heavy atom. The van der Waals surface area contributed by atoms with E-state index in [9.17, 15) is 0 Å². The van der Waals surface area contributed by atoms with Crippen molar-refractivity contribution < 1.29 is 0 Å². The first kappa shape index (κ1) is 21.9. The minimum absolute atomic E-state index is 0.0726. The molecular weight excluding hydrogens is 334 g/mol. The molecule has 0 unspecified atom stereocenters. The van der Waals surface area contributed by atoms with E-state index in [1.165, 1.54) is 0 Å². The number of hydrogen-bond acceptors (Lipinski definition) is 5. The molecule has 5 nitrogen and oxygen atoms in total. The number of rotatable bonds is 8. The lowest BCUT2D eigenvalue weighted by atomic mass is 9.72. The van der Waals surface area contributed by atoms with Gasteiger partial charge >= 0.3 is 0 Å². The molecule has 1 rings (SSSR count). The Bertz CT molecular complexity index is 545. The van der Waals surface area contributed by atoms with Crippen LogP contribution in [0.15, 0.2) is 0 Å². The molecule has 0 saturated carbocycles. The summed E-state index contributed by atoms with van der Waals surface area (Å²) in [5.74, 6) is 0.998. The van der Waals surface area contributed by atoms with Crippen molar-refractivity contribution in [2.45, 2.75) is 93.2 Å². The number of nitrogens with one attached hydrogen (secondary N) is 2. The third-order valence-corrected chi connectivity index (χ3v) is 6.78. The average Bonchev–Trinajstić information content (AvgIpc) is 2.45. The summed E-state index contributed by atoms with van der Waals surface area (Å²) in [7, 11) is 0. The topological polar surface area (TPSA) is 62.7 Å². The first-order valence-corrected chi connectivity index (χ1v) is 9.53. The van der Waals surface area contributed by atoms with E-state index in [0.29, 0.717) is 11.9 Å². The lowest BCUT2D eigenvalue weighted by Crippen LogP contribution is -2.47. The molecule has 1 aromatic heterocycles. The molecule has 0 spiro atoms. The zero-order valence-electron chi connectivity index (χ0n) is 17.6. The molecule has 0 saturated heterocycles. The Morgan fingerprint density at radius 1 is 0.680 bits per heavy atom. The summed E-state index contributed by atoms with van der Waals surface area (Å²) >= 11 is 6.16. The van der Waals surface area contributed by atoms with E-state index in [-0.39, 0.29) is 27.2 Å². The Kier molecular flexibility index (Phi) is 6.37. The molecule has 0 aliphatic carbocycles. The number of halogens is 1. The fourth-order valence-electron chi connectivity index (χ4n) is 2.24. The first-order chi connectivity index (χ1) is 11.2. The maximum atomic E-state index is 6.16. The van der Waals surface area contributed by atoms with Crippen LogP contribution >= 0.6 is 11.6 Å². The van der Waals surface area contributed by atoms with Crippen LogP contribution in [0.3, 0.4) is 0 Å². The summed E-state index contributed by atoms with van der Waals surface area (Å²) < 4.78 is 0. The molecule has 0 atom stereocenters. The molecule has 0 bridgehead atoms. The van der Waals surface area contributed by atoms with Gasteiger partial charge in [-0.2, -0.15) is 15.0 Å². The fraction of sp³-hybridized carbons (Fsp3) is 0.842. The standard InChI is InChI=1S/C19H36ClN5/c1-11-16(3,4)18(7,8)24-14-21-13(20)22-15(23-14)25-19(9,10)17(5,6)12-2/h11-12H2,1-10H3,(H2,21,22,23,24,25). The van der Waals surface area contributed by atoms with Crippen molar-refractivity contribution in [2.75, 3.05) is 10.6 Å². The van der Waals surface area contributed by atoms with Crippen molar-refractivity contribution in [2.24, 2.45) is 10.8 Å². The van der Waals surface area contributed by atoms with E-state index < -0.39 is 0 Å². The SMILES string of the molecule is CCC(C)(C)C(C)(C)Nc1nc(Cl)nc(NC(C)(C)C(C)(C)CC)n1. The normalized spacial score (nSPS) is 13.7. The van der Waals surface area contributed by atoms with Crippen LogP contribution < -0.4 is 10.6 Å². The molecular formula is C19H36ClN5. The van der Waals surface area contributed by atoms with Crippen molar-refractivity contribution in [1.82, 2.24) is 15.0 Å². The van der Waals surface area contributed by atoms with Gasteiger partial charge in [0.1, 0.15) is 0 Å². The minimum atomic E-state index is -0.193. The largest absolute Gasteiger partial charge is 0.349 e. The first-order valence-electron chi connectivity index (χ1n) is 9.15. The van der Waals surface area contributed by atoms with Gasteiger partial charge in [0.15, 0.2) is 0 Å². The lowest BCUT2D eigenvalue weighted by Gasteiger charge is -2.42. The number of hydrogen-bond donors (Lipinski definition) is 2. The van der Waals surface area contributed by atoms with Gasteiger partial charge < -0.3 is 10.6 Å². The highest BCUT2D eigenvalue weighted by molar-refractivity contribution is 6.28. The molecule has 0 aliphatic rings. The van der Waals surface area contributed by atoms with Gasteiger partial charge in [-0.25, -0.2) is 0 Å². The molecule has 25 heavy (non-hydrogen) atoms. The molecule has 2 N–H and O–H groups in total. The van der Waals surface area contributed by atoms with Crippen LogP contribution in [-0.2, 0) is 0 Å². The van der Waals surface area contributed by atoms with Gasteiger partial charge in [-0.05, 0) is 63.0 Å². The van der Waals surface area contributed by atoms with E-state index >= 15 is 0 Å². The minimum Gasteiger partial charge on any atom is -0.349 e. The number of aromatic nitrogens is 3. The Morgan fingerprint density at radius 2 is 1.00 bits per heavy atom. The fourth-order valence-corrected chi connectivity index (χ4v) is 2.40. The van der Waals surface area contributed by atoms with Crippen molar-refractivity contribution >= 4 is 23.5 Å². The quantitative estimate of drug-likeness (QED) is 0.608. The third kappa shape index (κ3) is 4.96. The average molecular weight is 370 g/mol.